The van der Waals surface area contributed by atoms with Crippen LogP contribution in [0.5, 0.6) is 0 Å². The lowest BCUT2D eigenvalue weighted by molar-refractivity contribution is 0.0905. The quantitative estimate of drug-likeness (QED) is 0.777. The molecule has 112 valence electrons. The van der Waals surface area contributed by atoms with Gasteiger partial charge in [-0.05, 0) is 28.8 Å². The number of furan rings is 1. The zero-order valence-corrected chi connectivity index (χ0v) is 13.5. The molecule has 2 heterocycles. The maximum atomic E-state index is 11.9. The van der Waals surface area contributed by atoms with Crippen molar-refractivity contribution in [3.63, 3.8) is 0 Å². The molecule has 0 bridgehead atoms. The van der Waals surface area contributed by atoms with E-state index in [0.717, 1.165) is 6.07 Å². The summed E-state index contributed by atoms with van der Waals surface area (Å²) in [7, 11) is -4.76. The number of carbonyl (C=O) groups excluding carboxylic acids is 1. The van der Waals surface area contributed by atoms with Crippen molar-refractivity contribution in [3.05, 3.63) is 16.5 Å². The number of primary sulfonamides is 1. The van der Waals surface area contributed by atoms with E-state index < -0.39 is 26.7 Å². The van der Waals surface area contributed by atoms with Gasteiger partial charge in [0.25, 0.3) is 5.91 Å². The minimum Gasteiger partial charge on any atom is -0.443 e. The van der Waals surface area contributed by atoms with Crippen LogP contribution in [0.25, 0.3) is 0 Å². The summed E-state index contributed by atoms with van der Waals surface area (Å²) < 4.78 is 38.6. The molecular formula is C10H13BrN2O5S2. The molecule has 0 radical (unpaired) electrons. The molecule has 0 aromatic carbocycles. The molecule has 10 heteroatoms. The van der Waals surface area contributed by atoms with Crippen LogP contribution in [-0.4, -0.2) is 36.1 Å². The number of carbonyl (C=O) groups is 1. The van der Waals surface area contributed by atoms with Crippen LogP contribution in [0, 0.1) is 0 Å². The molecule has 20 heavy (non-hydrogen) atoms. The van der Waals surface area contributed by atoms with Crippen molar-refractivity contribution in [1.29, 1.82) is 0 Å². The van der Waals surface area contributed by atoms with Crippen LogP contribution in [0.1, 0.15) is 23.4 Å². The van der Waals surface area contributed by atoms with E-state index in [-0.39, 0.29) is 21.4 Å². The third-order valence-electron chi connectivity index (χ3n) is 2.91. The Bertz CT molecular complexity index is 645. The molecule has 0 saturated carbocycles. The number of nitrogens with two attached hydrogens (primary N) is 1. The lowest BCUT2D eigenvalue weighted by Crippen LogP contribution is -2.39. The first-order valence-electron chi connectivity index (χ1n) is 5.75. The van der Waals surface area contributed by atoms with Gasteiger partial charge in [-0.2, -0.15) is 0 Å². The van der Waals surface area contributed by atoms with E-state index in [0.29, 0.717) is 24.3 Å². The number of nitrogens with one attached hydrogen (secondary N) is 1. The average Bonchev–Trinajstić information content (AvgIpc) is 2.74. The molecule has 2 rings (SSSR count). The van der Waals surface area contributed by atoms with E-state index in [1.54, 1.807) is 0 Å². The van der Waals surface area contributed by atoms with E-state index in [1.807, 2.05) is 0 Å². The normalized spacial score (nSPS) is 23.5. The van der Waals surface area contributed by atoms with Crippen molar-refractivity contribution in [2.24, 2.45) is 5.14 Å². The fourth-order valence-corrected chi connectivity index (χ4v) is 4.65. The fourth-order valence-electron chi connectivity index (χ4n) is 1.85. The highest BCUT2D eigenvalue weighted by atomic mass is 79.9. The van der Waals surface area contributed by atoms with Gasteiger partial charge in [-0.15, -0.1) is 0 Å². The highest BCUT2D eigenvalue weighted by Crippen LogP contribution is 2.25. The Hall–Kier alpha value is -0.710. The first-order chi connectivity index (χ1) is 9.27. The molecule has 0 spiro atoms. The monoisotopic (exact) mass is 384 g/mol. The Balaban J connectivity index is 2.08. The Morgan fingerprint density at radius 3 is 2.55 bits per heavy atom. The zero-order chi connectivity index (χ0) is 14.9. The highest BCUT2D eigenvalue weighted by Gasteiger charge is 2.25. The van der Waals surface area contributed by atoms with Crippen molar-refractivity contribution in [1.82, 2.24) is 5.32 Å². The average molecular weight is 385 g/mol. The van der Waals surface area contributed by atoms with E-state index in [9.17, 15) is 17.4 Å². The van der Waals surface area contributed by atoms with Crippen molar-refractivity contribution < 1.29 is 21.8 Å². The lowest BCUT2D eigenvalue weighted by atomic mass is 10.1. The van der Waals surface area contributed by atoms with E-state index in [1.165, 1.54) is 0 Å². The summed E-state index contributed by atoms with van der Waals surface area (Å²) in [5.74, 6) is 0.454. The van der Waals surface area contributed by atoms with Crippen LogP contribution in [0.2, 0.25) is 0 Å². The molecule has 1 aliphatic rings. The van der Waals surface area contributed by atoms with Crippen molar-refractivity contribution >= 4 is 42.7 Å². The number of rotatable bonds is 3. The molecule has 0 atom stereocenters. The van der Waals surface area contributed by atoms with Gasteiger partial charge in [-0.25, -0.2) is 13.6 Å². The Morgan fingerprint density at radius 1 is 1.45 bits per heavy atom. The SMILES string of the molecule is NS(=O)(=O)c1cc(C(=O)NC2CCS(=O)CC2)oc1Br. The van der Waals surface area contributed by atoms with Crippen LogP contribution in [0.4, 0.5) is 0 Å². The number of hydrogen-bond donors (Lipinski definition) is 2. The molecule has 1 amide bonds. The summed E-state index contributed by atoms with van der Waals surface area (Å²) >= 11 is 2.91. The smallest absolute Gasteiger partial charge is 0.287 e. The van der Waals surface area contributed by atoms with Gasteiger partial charge in [0.2, 0.25) is 10.0 Å². The van der Waals surface area contributed by atoms with E-state index >= 15 is 0 Å². The van der Waals surface area contributed by atoms with Gasteiger partial charge in [0.15, 0.2) is 10.4 Å². The molecular weight excluding hydrogens is 372 g/mol. The van der Waals surface area contributed by atoms with Crippen molar-refractivity contribution in [3.8, 4) is 0 Å². The summed E-state index contributed by atoms with van der Waals surface area (Å²) in [6.45, 7) is 0. The van der Waals surface area contributed by atoms with Crippen LogP contribution in [0.15, 0.2) is 20.0 Å². The van der Waals surface area contributed by atoms with Crippen LogP contribution in [-0.2, 0) is 20.8 Å². The third-order valence-corrected chi connectivity index (χ3v) is 6.06. The Labute approximate surface area is 126 Å². The molecule has 1 aromatic rings. The molecule has 1 saturated heterocycles. The van der Waals surface area contributed by atoms with Gasteiger partial charge in [0.1, 0.15) is 4.90 Å². The second-order valence-electron chi connectivity index (χ2n) is 4.39. The molecule has 1 fully saturated rings. The molecule has 3 N–H and O–H groups in total. The van der Waals surface area contributed by atoms with Crippen molar-refractivity contribution in [2.75, 3.05) is 11.5 Å². The number of sulfonamides is 1. The predicted octanol–water partition coefficient (Wildman–Crippen LogP) is 0.330. The first kappa shape index (κ1) is 15.7. The van der Waals surface area contributed by atoms with Crippen LogP contribution < -0.4 is 10.5 Å². The second-order valence-corrected chi connectivity index (χ2v) is 8.34. The third kappa shape index (κ3) is 3.68. The van der Waals surface area contributed by atoms with Gasteiger partial charge in [-0.1, -0.05) is 0 Å². The van der Waals surface area contributed by atoms with E-state index in [2.05, 4.69) is 21.2 Å². The van der Waals surface area contributed by atoms with Gasteiger partial charge in [0, 0.05) is 34.4 Å². The Kier molecular flexibility index (Phi) is 4.67. The minimum absolute atomic E-state index is 0.0815. The number of hydrogen-bond acceptors (Lipinski definition) is 5. The fraction of sp³-hybridized carbons (Fsp3) is 0.500. The summed E-state index contributed by atoms with van der Waals surface area (Å²) in [6.07, 6.45) is 1.25. The molecule has 7 nitrogen and oxygen atoms in total. The van der Waals surface area contributed by atoms with Gasteiger partial charge in [-0.3, -0.25) is 9.00 Å². The summed E-state index contributed by atoms with van der Waals surface area (Å²) in [5.41, 5.74) is 0. The standard InChI is InChI=1S/C10H13BrN2O5S2/c11-9-8(20(12,16)17)5-7(18-9)10(14)13-6-1-3-19(15)4-2-6/h5-6H,1-4H2,(H,13,14)(H2,12,16,17). The summed E-state index contributed by atoms with van der Waals surface area (Å²) in [5, 5.41) is 7.71. The van der Waals surface area contributed by atoms with Gasteiger partial charge >= 0.3 is 0 Å². The Morgan fingerprint density at radius 2 is 2.05 bits per heavy atom. The minimum atomic E-state index is -3.95. The maximum Gasteiger partial charge on any atom is 0.287 e. The summed E-state index contributed by atoms with van der Waals surface area (Å²) in [4.78, 5) is 11.7. The molecule has 0 unspecified atom stereocenters. The lowest BCUT2D eigenvalue weighted by Gasteiger charge is -2.21. The number of halogens is 1. The number of amides is 1. The van der Waals surface area contributed by atoms with Gasteiger partial charge in [0.05, 0.1) is 0 Å². The van der Waals surface area contributed by atoms with Gasteiger partial charge < -0.3 is 9.73 Å². The summed E-state index contributed by atoms with van der Waals surface area (Å²) in [6, 6.07) is 0.998. The van der Waals surface area contributed by atoms with E-state index in [4.69, 9.17) is 9.56 Å². The zero-order valence-electron chi connectivity index (χ0n) is 10.3. The highest BCUT2D eigenvalue weighted by molar-refractivity contribution is 9.10. The van der Waals surface area contributed by atoms with Crippen LogP contribution in [0.3, 0.4) is 0 Å². The second kappa shape index (κ2) is 5.96. The predicted molar refractivity (Wildman–Crippen MR) is 76.1 cm³/mol. The largest absolute Gasteiger partial charge is 0.443 e. The maximum absolute atomic E-state index is 11.9. The van der Waals surface area contributed by atoms with Crippen LogP contribution >= 0.6 is 15.9 Å². The molecule has 0 aliphatic carbocycles. The topological polar surface area (TPSA) is 119 Å². The van der Waals surface area contributed by atoms with Crippen molar-refractivity contribution in [2.45, 2.75) is 23.8 Å². The molecule has 1 aromatic heterocycles. The first-order valence-corrected chi connectivity index (χ1v) is 9.58. The molecule has 1 aliphatic heterocycles.